The van der Waals surface area contributed by atoms with E-state index < -0.39 is 10.0 Å². The third-order valence-corrected chi connectivity index (χ3v) is 14.1. The van der Waals surface area contributed by atoms with E-state index in [0.717, 1.165) is 17.1 Å². The number of anilines is 3. The van der Waals surface area contributed by atoms with E-state index in [2.05, 4.69) is 241 Å². The highest BCUT2D eigenvalue weighted by Gasteiger charge is 2.36. The molecule has 0 aromatic heterocycles. The van der Waals surface area contributed by atoms with Crippen LogP contribution in [0.1, 0.15) is 0 Å². The second-order valence-corrected chi connectivity index (χ2v) is 16.4. The maximum Gasteiger partial charge on any atom is 0.0462 e. The van der Waals surface area contributed by atoms with Gasteiger partial charge >= 0.3 is 0 Å². The van der Waals surface area contributed by atoms with Gasteiger partial charge in [-0.25, -0.2) is 0 Å². The Morgan fingerprint density at radius 1 is 0.278 bits per heavy atom. The van der Waals surface area contributed by atoms with Gasteiger partial charge in [-0.05, 0) is 106 Å². The van der Waals surface area contributed by atoms with E-state index in [4.69, 9.17) is 0 Å². The number of nitrogens with zero attached hydrogens (tertiary/aromatic N) is 1. The summed E-state index contributed by atoms with van der Waals surface area (Å²) in [4.78, 5) is 7.60. The molecule has 0 N–H and O–H groups in total. The number of hydrogen-bond acceptors (Lipinski definition) is 1. The van der Waals surface area contributed by atoms with Crippen molar-refractivity contribution in [1.82, 2.24) is 0 Å². The van der Waals surface area contributed by atoms with Crippen LogP contribution in [-0.2, 0) is 0 Å². The first-order chi connectivity index (χ1) is 26.8. The molecule has 0 spiro atoms. The number of fused-ring (bicyclic) bond motifs is 1. The van der Waals surface area contributed by atoms with Crippen LogP contribution in [0.15, 0.2) is 256 Å². The molecule has 258 valence electrons. The highest BCUT2D eigenvalue weighted by Crippen LogP contribution is 2.75. The summed E-state index contributed by atoms with van der Waals surface area (Å²) in [6.45, 7) is 0. The Morgan fingerprint density at radius 2 is 0.667 bits per heavy atom. The van der Waals surface area contributed by atoms with E-state index in [1.54, 1.807) is 0 Å². The van der Waals surface area contributed by atoms with Gasteiger partial charge in [0, 0.05) is 42.2 Å². The second kappa shape index (κ2) is 14.8. The lowest BCUT2D eigenvalue weighted by atomic mass is 9.97. The molecule has 0 atom stereocenters. The summed E-state index contributed by atoms with van der Waals surface area (Å²) >= 11 is 0. The van der Waals surface area contributed by atoms with Crippen LogP contribution in [0.5, 0.6) is 0 Å². The largest absolute Gasteiger partial charge is 0.311 e. The van der Waals surface area contributed by atoms with Crippen LogP contribution in [0.4, 0.5) is 17.1 Å². The number of para-hydroxylation sites is 1. The third-order valence-electron chi connectivity index (χ3n) is 10.2. The minimum absolute atomic E-state index is 1.10. The number of hydrogen-bond donors (Lipinski definition) is 0. The zero-order chi connectivity index (χ0) is 36.2. The summed E-state index contributed by atoms with van der Waals surface area (Å²) in [6.07, 6.45) is 0. The fraction of sp³-hybridized carbons (Fsp3) is 0. The summed E-state index contributed by atoms with van der Waals surface area (Å²) in [7, 11) is -1.93. The predicted molar refractivity (Wildman–Crippen MR) is 229 cm³/mol. The van der Waals surface area contributed by atoms with E-state index in [1.165, 1.54) is 52.6 Å². The average Bonchev–Trinajstić information content (AvgIpc) is 3.26. The fourth-order valence-corrected chi connectivity index (χ4v) is 11.8. The van der Waals surface area contributed by atoms with Gasteiger partial charge in [0.1, 0.15) is 0 Å². The smallest absolute Gasteiger partial charge is 0.0462 e. The van der Waals surface area contributed by atoms with Crippen LogP contribution in [0.25, 0.3) is 33.0 Å². The maximum absolute atomic E-state index is 2.40. The summed E-state index contributed by atoms with van der Waals surface area (Å²) in [5.41, 5.74) is 8.21. The first kappa shape index (κ1) is 33.2. The van der Waals surface area contributed by atoms with E-state index in [1.807, 2.05) is 0 Å². The molecule has 0 amide bonds. The molecule has 0 saturated carbocycles. The molecular weight excluding hydrogens is 671 g/mol. The normalized spacial score (nSPS) is 11.6. The summed E-state index contributed by atoms with van der Waals surface area (Å²) in [6, 6.07) is 86.2. The Morgan fingerprint density at radius 3 is 1.19 bits per heavy atom. The van der Waals surface area contributed by atoms with Gasteiger partial charge in [-0.2, -0.15) is 0 Å². The number of rotatable bonds is 9. The molecule has 0 saturated heterocycles. The molecule has 0 unspecified atom stereocenters. The van der Waals surface area contributed by atoms with Gasteiger partial charge in [-0.1, -0.05) is 158 Å². The molecule has 9 aromatic carbocycles. The molecule has 9 rings (SSSR count). The Hall–Kier alpha value is -6.61. The molecule has 1 nitrogen and oxygen atoms in total. The molecular formula is C52H39NS. The van der Waals surface area contributed by atoms with Crippen LogP contribution in [0, 0.1) is 0 Å². The molecule has 2 heteroatoms. The molecule has 0 radical (unpaired) electrons. The lowest BCUT2D eigenvalue weighted by Gasteiger charge is -2.43. The zero-order valence-corrected chi connectivity index (χ0v) is 30.7. The SMILES string of the molecule is c1ccc(-c2ccc(N(c3ccccc3)c3ccc(-c4c(S(c5ccccc5)(c5ccccc5)c5ccccc5)ccc5ccccc45)cc3)cc2)cc1. The molecule has 0 heterocycles. The van der Waals surface area contributed by atoms with Crippen molar-refractivity contribution in [3.63, 3.8) is 0 Å². The molecule has 0 aliphatic heterocycles. The van der Waals surface area contributed by atoms with Crippen molar-refractivity contribution in [3.8, 4) is 22.3 Å². The van der Waals surface area contributed by atoms with Crippen LogP contribution >= 0.6 is 10.0 Å². The summed E-state index contributed by atoms with van der Waals surface area (Å²) < 4.78 is 0. The minimum Gasteiger partial charge on any atom is -0.311 e. The minimum atomic E-state index is -1.93. The van der Waals surface area contributed by atoms with Gasteiger partial charge in [0.25, 0.3) is 0 Å². The van der Waals surface area contributed by atoms with Crippen molar-refractivity contribution in [2.75, 3.05) is 4.90 Å². The highest BCUT2D eigenvalue weighted by molar-refractivity contribution is 8.34. The fourth-order valence-electron chi connectivity index (χ4n) is 7.70. The third kappa shape index (κ3) is 6.07. The Kier molecular flexibility index (Phi) is 9.10. The monoisotopic (exact) mass is 709 g/mol. The maximum atomic E-state index is 2.40. The predicted octanol–water partition coefficient (Wildman–Crippen LogP) is 15.0. The molecule has 54 heavy (non-hydrogen) atoms. The van der Waals surface area contributed by atoms with Crippen LogP contribution < -0.4 is 4.90 Å². The van der Waals surface area contributed by atoms with Crippen molar-refractivity contribution in [2.24, 2.45) is 0 Å². The van der Waals surface area contributed by atoms with Crippen molar-refractivity contribution in [2.45, 2.75) is 19.6 Å². The topological polar surface area (TPSA) is 3.24 Å². The van der Waals surface area contributed by atoms with Gasteiger partial charge < -0.3 is 4.90 Å². The Labute approximate surface area is 319 Å². The lowest BCUT2D eigenvalue weighted by Crippen LogP contribution is -2.10. The zero-order valence-electron chi connectivity index (χ0n) is 29.9. The summed E-state index contributed by atoms with van der Waals surface area (Å²) in [5, 5.41) is 2.48. The van der Waals surface area contributed by atoms with Crippen molar-refractivity contribution in [1.29, 1.82) is 0 Å². The van der Waals surface area contributed by atoms with Crippen LogP contribution in [0.2, 0.25) is 0 Å². The van der Waals surface area contributed by atoms with Crippen molar-refractivity contribution < 1.29 is 0 Å². The van der Waals surface area contributed by atoms with E-state index in [9.17, 15) is 0 Å². The van der Waals surface area contributed by atoms with Crippen LogP contribution in [-0.4, -0.2) is 0 Å². The van der Waals surface area contributed by atoms with Crippen LogP contribution in [0.3, 0.4) is 0 Å². The molecule has 0 aliphatic carbocycles. The van der Waals surface area contributed by atoms with Gasteiger partial charge in [0.05, 0.1) is 0 Å². The van der Waals surface area contributed by atoms with Gasteiger partial charge in [-0.15, -0.1) is 10.0 Å². The van der Waals surface area contributed by atoms with Crippen molar-refractivity contribution in [3.05, 3.63) is 237 Å². The molecule has 9 aromatic rings. The molecule has 0 fully saturated rings. The average molecular weight is 710 g/mol. The van der Waals surface area contributed by atoms with Gasteiger partial charge in [0.15, 0.2) is 0 Å². The first-order valence-electron chi connectivity index (χ1n) is 18.4. The Balaban J connectivity index is 1.25. The highest BCUT2D eigenvalue weighted by atomic mass is 32.3. The Bertz CT molecular complexity index is 2510. The quantitative estimate of drug-likeness (QED) is 0.144. The van der Waals surface area contributed by atoms with Crippen molar-refractivity contribution >= 4 is 37.9 Å². The van der Waals surface area contributed by atoms with E-state index in [-0.39, 0.29) is 0 Å². The first-order valence-corrected chi connectivity index (χ1v) is 20.1. The standard InChI is InChI=1S/C52H39NS/c1-6-18-40(19-7-1)41-30-35-45(36-31-41)53(44-21-8-2-9-22-44)46-37-32-43(33-38-46)52-50-29-17-16-20-42(50)34-39-51(52)54(47-23-10-3-11-24-47,48-25-12-4-13-26-48)49-27-14-5-15-28-49/h1-39H. The van der Waals surface area contributed by atoms with E-state index >= 15 is 0 Å². The summed E-state index contributed by atoms with van der Waals surface area (Å²) in [5.74, 6) is 0. The van der Waals surface area contributed by atoms with Gasteiger partial charge in [0.2, 0.25) is 0 Å². The van der Waals surface area contributed by atoms with E-state index in [0.29, 0.717) is 0 Å². The lowest BCUT2D eigenvalue weighted by molar-refractivity contribution is 1.25. The number of benzene rings is 9. The molecule has 0 bridgehead atoms. The van der Waals surface area contributed by atoms with Gasteiger partial charge in [-0.3, -0.25) is 0 Å². The second-order valence-electron chi connectivity index (χ2n) is 13.3. The molecule has 0 aliphatic rings.